The molecule has 0 fully saturated rings. The molecule has 0 radical (unpaired) electrons. The van der Waals surface area contributed by atoms with Crippen molar-refractivity contribution < 1.29 is 5.11 Å². The van der Waals surface area contributed by atoms with Gasteiger partial charge in [-0.25, -0.2) is 0 Å². The summed E-state index contributed by atoms with van der Waals surface area (Å²) in [5, 5.41) is 15.7. The molecule has 0 bridgehead atoms. The van der Waals surface area contributed by atoms with E-state index in [0.717, 1.165) is 6.54 Å². The molecule has 1 atom stereocenters. The monoisotopic (exact) mass is 328 g/mol. The predicted octanol–water partition coefficient (Wildman–Crippen LogP) is 2.42. The van der Waals surface area contributed by atoms with Gasteiger partial charge in [0.1, 0.15) is 6.10 Å². The van der Waals surface area contributed by atoms with E-state index in [-0.39, 0.29) is 0 Å². The van der Waals surface area contributed by atoms with Gasteiger partial charge in [-0.2, -0.15) is 5.10 Å². The summed E-state index contributed by atoms with van der Waals surface area (Å²) < 4.78 is 1.70. The fourth-order valence-electron chi connectivity index (χ4n) is 2.06. The molecule has 0 saturated heterocycles. The van der Waals surface area contributed by atoms with Crippen LogP contribution < -0.4 is 5.73 Å². The lowest BCUT2D eigenvalue weighted by molar-refractivity contribution is 0.206. The lowest BCUT2D eigenvalue weighted by atomic mass is 10.0. The Hall–Kier alpha value is -1.27. The van der Waals surface area contributed by atoms with Crippen LogP contribution in [0.5, 0.6) is 0 Å². The average molecular weight is 329 g/mol. The highest BCUT2D eigenvalue weighted by Gasteiger charge is 2.21. The molecular formula is C14H18Cl2N4O. The highest BCUT2D eigenvalue weighted by Crippen LogP contribution is 2.32. The maximum atomic E-state index is 10.6. The summed E-state index contributed by atoms with van der Waals surface area (Å²) in [7, 11) is 3.94. The van der Waals surface area contributed by atoms with Crippen molar-refractivity contribution in [2.24, 2.45) is 0 Å². The van der Waals surface area contributed by atoms with E-state index in [1.165, 1.54) is 6.20 Å². The second kappa shape index (κ2) is 6.66. The van der Waals surface area contributed by atoms with E-state index in [4.69, 9.17) is 28.9 Å². The standard InChI is InChI=1S/C14H18Cl2N4O/c1-19(2)5-6-20-13(11(16)8-18-20)14(21)10-4-3-9(15)7-12(10)17/h3-4,7-8,14,21H,5-6,17H2,1-2H3. The van der Waals surface area contributed by atoms with Crippen LogP contribution in [0.3, 0.4) is 0 Å². The van der Waals surface area contributed by atoms with Crippen molar-refractivity contribution in [3.8, 4) is 0 Å². The second-order valence-corrected chi connectivity index (χ2v) is 5.92. The largest absolute Gasteiger partial charge is 0.398 e. The molecule has 0 aliphatic heterocycles. The summed E-state index contributed by atoms with van der Waals surface area (Å²) in [5.41, 5.74) is 7.45. The fraction of sp³-hybridized carbons (Fsp3) is 0.357. The van der Waals surface area contributed by atoms with Crippen molar-refractivity contribution in [1.29, 1.82) is 0 Å². The molecule has 0 aliphatic rings. The van der Waals surface area contributed by atoms with Crippen molar-refractivity contribution in [3.05, 3.63) is 45.7 Å². The summed E-state index contributed by atoms with van der Waals surface area (Å²) in [5.74, 6) is 0. The third-order valence-electron chi connectivity index (χ3n) is 3.19. The molecule has 0 spiro atoms. The minimum Gasteiger partial charge on any atom is -0.398 e. The van der Waals surface area contributed by atoms with E-state index in [1.807, 2.05) is 19.0 Å². The SMILES string of the molecule is CN(C)CCn1ncc(Cl)c1C(O)c1ccc(Cl)cc1N. The van der Waals surface area contributed by atoms with E-state index in [1.54, 1.807) is 22.9 Å². The van der Waals surface area contributed by atoms with Crippen molar-refractivity contribution >= 4 is 28.9 Å². The Morgan fingerprint density at radius 1 is 1.38 bits per heavy atom. The molecule has 2 rings (SSSR count). The van der Waals surface area contributed by atoms with Crippen molar-refractivity contribution in [2.45, 2.75) is 12.6 Å². The van der Waals surface area contributed by atoms with Gasteiger partial charge >= 0.3 is 0 Å². The number of anilines is 1. The number of hydrogen-bond acceptors (Lipinski definition) is 4. The number of likely N-dealkylation sites (N-methyl/N-ethyl adjacent to an activating group) is 1. The predicted molar refractivity (Wildman–Crippen MR) is 85.7 cm³/mol. The molecule has 1 aromatic carbocycles. The Morgan fingerprint density at radius 2 is 2.10 bits per heavy atom. The van der Waals surface area contributed by atoms with Crippen LogP contribution in [0.25, 0.3) is 0 Å². The first-order valence-corrected chi connectivity index (χ1v) is 7.24. The van der Waals surface area contributed by atoms with Gasteiger partial charge in [0, 0.05) is 22.8 Å². The van der Waals surface area contributed by atoms with Crippen LogP contribution in [0.4, 0.5) is 5.69 Å². The van der Waals surface area contributed by atoms with Gasteiger partial charge in [-0.05, 0) is 26.2 Å². The molecule has 1 aromatic heterocycles. The molecular weight excluding hydrogens is 311 g/mol. The Morgan fingerprint density at radius 3 is 2.71 bits per heavy atom. The number of aromatic nitrogens is 2. The average Bonchev–Trinajstić information content (AvgIpc) is 2.77. The first kappa shape index (κ1) is 16.1. The van der Waals surface area contributed by atoms with E-state index in [0.29, 0.717) is 33.5 Å². The number of nitrogen functional groups attached to an aromatic ring is 1. The molecule has 21 heavy (non-hydrogen) atoms. The van der Waals surface area contributed by atoms with E-state index in [2.05, 4.69) is 5.10 Å². The van der Waals surface area contributed by atoms with Crippen molar-refractivity contribution in [3.63, 3.8) is 0 Å². The van der Waals surface area contributed by atoms with Crippen LogP contribution in [0.1, 0.15) is 17.4 Å². The molecule has 1 unspecified atom stereocenters. The van der Waals surface area contributed by atoms with Crippen LogP contribution in [0, 0.1) is 0 Å². The quantitative estimate of drug-likeness (QED) is 0.827. The zero-order valence-electron chi connectivity index (χ0n) is 11.9. The van der Waals surface area contributed by atoms with Gasteiger partial charge in [0.25, 0.3) is 0 Å². The molecule has 2 aromatic rings. The fourth-order valence-corrected chi connectivity index (χ4v) is 2.48. The molecule has 0 aliphatic carbocycles. The lowest BCUT2D eigenvalue weighted by Gasteiger charge is -2.17. The normalized spacial score (nSPS) is 12.9. The number of nitrogens with zero attached hydrogens (tertiary/aromatic N) is 3. The van der Waals surface area contributed by atoms with E-state index >= 15 is 0 Å². The summed E-state index contributed by atoms with van der Waals surface area (Å²) in [6, 6.07) is 4.99. The number of aliphatic hydroxyl groups is 1. The number of rotatable bonds is 5. The van der Waals surface area contributed by atoms with Gasteiger partial charge in [-0.15, -0.1) is 0 Å². The van der Waals surface area contributed by atoms with Crippen LogP contribution in [-0.2, 0) is 6.54 Å². The molecule has 1 heterocycles. The number of benzene rings is 1. The first-order valence-electron chi connectivity index (χ1n) is 6.49. The third kappa shape index (κ3) is 3.68. The maximum Gasteiger partial charge on any atom is 0.124 e. The Labute approximate surface area is 133 Å². The van der Waals surface area contributed by atoms with E-state index in [9.17, 15) is 5.11 Å². The van der Waals surface area contributed by atoms with Crippen LogP contribution in [0.2, 0.25) is 10.0 Å². The van der Waals surface area contributed by atoms with Gasteiger partial charge in [-0.3, -0.25) is 4.68 Å². The van der Waals surface area contributed by atoms with Crippen LogP contribution in [-0.4, -0.2) is 40.4 Å². The molecule has 0 saturated carbocycles. The Bertz CT molecular complexity index is 627. The maximum absolute atomic E-state index is 10.6. The summed E-state index contributed by atoms with van der Waals surface area (Å²) in [4.78, 5) is 2.03. The highest BCUT2D eigenvalue weighted by molar-refractivity contribution is 6.31. The van der Waals surface area contributed by atoms with E-state index < -0.39 is 6.10 Å². The minimum absolute atomic E-state index is 0.413. The van der Waals surface area contributed by atoms with Gasteiger partial charge < -0.3 is 15.7 Å². The summed E-state index contributed by atoms with van der Waals surface area (Å²) in [6.45, 7) is 1.41. The van der Waals surface area contributed by atoms with Crippen LogP contribution in [0.15, 0.2) is 24.4 Å². The first-order chi connectivity index (χ1) is 9.90. The Balaban J connectivity index is 2.34. The highest BCUT2D eigenvalue weighted by atomic mass is 35.5. The topological polar surface area (TPSA) is 67.3 Å². The van der Waals surface area contributed by atoms with Gasteiger partial charge in [-0.1, -0.05) is 29.3 Å². The van der Waals surface area contributed by atoms with Gasteiger partial charge in [0.15, 0.2) is 0 Å². The lowest BCUT2D eigenvalue weighted by Crippen LogP contribution is -2.21. The Kier molecular flexibility index (Phi) is 5.11. The van der Waals surface area contributed by atoms with Gasteiger partial charge in [0.2, 0.25) is 0 Å². The smallest absolute Gasteiger partial charge is 0.124 e. The summed E-state index contributed by atoms with van der Waals surface area (Å²) in [6.07, 6.45) is 0.585. The summed E-state index contributed by atoms with van der Waals surface area (Å²) >= 11 is 12.0. The van der Waals surface area contributed by atoms with Gasteiger partial charge in [0.05, 0.1) is 23.5 Å². The number of aliphatic hydroxyl groups excluding tert-OH is 1. The van der Waals surface area contributed by atoms with Crippen molar-refractivity contribution in [2.75, 3.05) is 26.4 Å². The second-order valence-electron chi connectivity index (χ2n) is 5.08. The zero-order chi connectivity index (χ0) is 15.6. The number of halogens is 2. The number of hydrogen-bond donors (Lipinski definition) is 2. The molecule has 0 amide bonds. The molecule has 114 valence electrons. The third-order valence-corrected chi connectivity index (χ3v) is 3.72. The zero-order valence-corrected chi connectivity index (χ0v) is 13.4. The van der Waals surface area contributed by atoms with Crippen molar-refractivity contribution in [1.82, 2.24) is 14.7 Å². The minimum atomic E-state index is -0.945. The number of nitrogens with two attached hydrogens (primary N) is 1. The molecule has 5 nitrogen and oxygen atoms in total. The molecule has 3 N–H and O–H groups in total. The van der Waals surface area contributed by atoms with Crippen LogP contribution >= 0.6 is 23.2 Å². The molecule has 7 heteroatoms.